The van der Waals surface area contributed by atoms with Crippen molar-refractivity contribution < 1.29 is 73.8 Å². The van der Waals surface area contributed by atoms with Gasteiger partial charge < -0.3 is 64.2 Å². The van der Waals surface area contributed by atoms with Gasteiger partial charge in [0.1, 0.15) is 55.4 Å². The molecule has 0 amide bonds. The molecular formula is C53H96O15. The number of unbranched alkanes of at least 4 members (excludes halogenated alkanes) is 24. The van der Waals surface area contributed by atoms with Crippen LogP contribution in [-0.4, -0.2) is 142 Å². The molecule has 7 N–H and O–H groups in total. The average molecular weight is 973 g/mol. The lowest BCUT2D eigenvalue weighted by Crippen LogP contribution is -2.61. The van der Waals surface area contributed by atoms with Crippen molar-refractivity contribution in [2.45, 2.75) is 274 Å². The molecule has 0 bridgehead atoms. The molecule has 0 spiro atoms. The first-order valence-corrected chi connectivity index (χ1v) is 26.9. The lowest BCUT2D eigenvalue weighted by Gasteiger charge is -2.42. The van der Waals surface area contributed by atoms with E-state index in [4.69, 9.17) is 28.4 Å². The fourth-order valence-electron chi connectivity index (χ4n) is 8.48. The van der Waals surface area contributed by atoms with Crippen molar-refractivity contribution >= 4 is 11.9 Å². The number of rotatable bonds is 42. The van der Waals surface area contributed by atoms with Gasteiger partial charge in [-0.15, -0.1) is 0 Å². The fraction of sp³-hybridized carbons (Fsp3) is 0.887. The zero-order valence-corrected chi connectivity index (χ0v) is 42.1. The molecule has 11 atom stereocenters. The molecule has 0 saturated carbocycles. The molecule has 2 fully saturated rings. The first-order valence-electron chi connectivity index (χ1n) is 26.9. The van der Waals surface area contributed by atoms with Crippen LogP contribution in [0.1, 0.15) is 206 Å². The monoisotopic (exact) mass is 973 g/mol. The second-order valence-corrected chi connectivity index (χ2v) is 19.1. The summed E-state index contributed by atoms with van der Waals surface area (Å²) < 4.78 is 33.6. The van der Waals surface area contributed by atoms with Crippen LogP contribution in [0.25, 0.3) is 0 Å². The highest BCUT2D eigenvalue weighted by molar-refractivity contribution is 5.70. The summed E-state index contributed by atoms with van der Waals surface area (Å²) >= 11 is 0. The van der Waals surface area contributed by atoms with E-state index in [0.29, 0.717) is 12.8 Å². The van der Waals surface area contributed by atoms with E-state index >= 15 is 0 Å². The van der Waals surface area contributed by atoms with Crippen LogP contribution < -0.4 is 0 Å². The molecule has 0 aromatic carbocycles. The van der Waals surface area contributed by atoms with Crippen molar-refractivity contribution in [1.82, 2.24) is 0 Å². The standard InChI is InChI=1S/C53H96O15/c1-3-5-7-9-11-13-15-17-18-19-20-21-22-24-26-28-30-32-34-36-45(56)66-41(38-63-44(55)35-33-31-29-27-25-23-16-14-12-10-8-6-4-2)39-64-52-51(62)49(60)47(58)43(68-52)40-65-53-50(61)48(59)46(57)42(37-54)67-53/h11,13,17-18,41-43,46-54,57-62H,3-10,12,14-16,19-40H2,1-2H3/b13-11+,18-17+/t41-,42+,43+,46-,47-,48?,49?,50?,51?,52+,53+/m1/s1. The quantitative estimate of drug-likeness (QED) is 0.0175. The minimum atomic E-state index is -1.76. The van der Waals surface area contributed by atoms with Crippen LogP contribution in [0, 0.1) is 0 Å². The van der Waals surface area contributed by atoms with Crippen LogP contribution >= 0.6 is 0 Å². The summed E-state index contributed by atoms with van der Waals surface area (Å²) in [5, 5.41) is 72.1. The van der Waals surface area contributed by atoms with Gasteiger partial charge in [0.05, 0.1) is 19.8 Å². The average Bonchev–Trinajstić information content (AvgIpc) is 3.33. The van der Waals surface area contributed by atoms with Crippen LogP contribution in [0.5, 0.6) is 0 Å². The number of aliphatic hydroxyl groups excluding tert-OH is 7. The van der Waals surface area contributed by atoms with E-state index in [9.17, 15) is 45.3 Å². The molecule has 2 aliphatic heterocycles. The van der Waals surface area contributed by atoms with Gasteiger partial charge >= 0.3 is 11.9 Å². The zero-order chi connectivity index (χ0) is 49.6. The number of carbonyl (C=O) groups excluding carboxylic acids is 2. The highest BCUT2D eigenvalue weighted by Gasteiger charge is 2.47. The number of ether oxygens (including phenoxy) is 6. The molecular weight excluding hydrogens is 877 g/mol. The molecule has 68 heavy (non-hydrogen) atoms. The third kappa shape index (κ3) is 28.1. The zero-order valence-electron chi connectivity index (χ0n) is 42.1. The maximum Gasteiger partial charge on any atom is 0.306 e. The first-order chi connectivity index (χ1) is 33.0. The van der Waals surface area contributed by atoms with Crippen LogP contribution in [0.15, 0.2) is 24.3 Å². The SMILES string of the molecule is CCCCC/C=C/C/C=C/CCCCCCCCCCCC(=O)O[C@H](COC(=O)CCCCCCCCCCCCCCC)CO[C@H]1O[C@@H](CO[C@H]2O[C@@H](CO)[C@@H](O)C(O)C2O)[C@@H](O)C(O)C1O. The van der Waals surface area contributed by atoms with Crippen LogP contribution in [-0.2, 0) is 38.0 Å². The lowest BCUT2D eigenvalue weighted by atomic mass is 9.98. The second kappa shape index (κ2) is 40.6. The Labute approximate surface area is 409 Å². The van der Waals surface area contributed by atoms with Gasteiger partial charge in [0.25, 0.3) is 0 Å². The van der Waals surface area contributed by atoms with E-state index in [1.165, 1.54) is 109 Å². The number of esters is 2. The molecule has 2 saturated heterocycles. The number of allylic oxidation sites excluding steroid dienone is 4. The van der Waals surface area contributed by atoms with Crippen LogP contribution in [0.3, 0.4) is 0 Å². The van der Waals surface area contributed by atoms with Gasteiger partial charge in [0.15, 0.2) is 18.7 Å². The number of carbonyl (C=O) groups is 2. The fourth-order valence-corrected chi connectivity index (χ4v) is 8.48. The van der Waals surface area contributed by atoms with Gasteiger partial charge in [-0.25, -0.2) is 0 Å². The van der Waals surface area contributed by atoms with E-state index in [2.05, 4.69) is 38.2 Å². The lowest BCUT2D eigenvalue weighted by molar-refractivity contribution is -0.332. The summed E-state index contributed by atoms with van der Waals surface area (Å²) in [6.45, 7) is 2.58. The van der Waals surface area contributed by atoms with Crippen molar-refractivity contribution in [3.63, 3.8) is 0 Å². The van der Waals surface area contributed by atoms with Crippen molar-refractivity contribution in [3.05, 3.63) is 24.3 Å². The molecule has 4 unspecified atom stereocenters. The third-order valence-corrected chi connectivity index (χ3v) is 12.9. The van der Waals surface area contributed by atoms with Gasteiger partial charge in [-0.05, 0) is 44.9 Å². The summed E-state index contributed by atoms with van der Waals surface area (Å²) in [4.78, 5) is 25.8. The normalized spacial score (nSPS) is 25.9. The summed E-state index contributed by atoms with van der Waals surface area (Å²) in [5.74, 6) is -0.921. The van der Waals surface area contributed by atoms with E-state index in [0.717, 1.165) is 57.8 Å². The van der Waals surface area contributed by atoms with Crippen molar-refractivity contribution in [3.8, 4) is 0 Å². The number of hydrogen-bond acceptors (Lipinski definition) is 15. The highest BCUT2D eigenvalue weighted by atomic mass is 16.7. The smallest absolute Gasteiger partial charge is 0.306 e. The van der Waals surface area contributed by atoms with E-state index in [-0.39, 0.29) is 26.1 Å². The molecule has 0 aliphatic carbocycles. The van der Waals surface area contributed by atoms with Gasteiger partial charge in [-0.2, -0.15) is 0 Å². The first kappa shape index (κ1) is 62.1. The number of hydrogen-bond donors (Lipinski definition) is 7. The maximum atomic E-state index is 13.0. The minimum Gasteiger partial charge on any atom is -0.462 e. The molecule has 15 heteroatoms. The second-order valence-electron chi connectivity index (χ2n) is 19.1. The predicted octanol–water partition coefficient (Wildman–Crippen LogP) is 7.94. The Balaban J connectivity index is 1.78. The van der Waals surface area contributed by atoms with Crippen molar-refractivity contribution in [1.29, 1.82) is 0 Å². The Hall–Kier alpha value is -2.02. The largest absolute Gasteiger partial charge is 0.462 e. The Bertz CT molecular complexity index is 1280. The molecule has 398 valence electrons. The van der Waals surface area contributed by atoms with E-state index < -0.39 is 92.7 Å². The van der Waals surface area contributed by atoms with Crippen molar-refractivity contribution in [2.24, 2.45) is 0 Å². The van der Waals surface area contributed by atoms with E-state index in [1.54, 1.807) is 0 Å². The Kier molecular flexibility index (Phi) is 37.0. The van der Waals surface area contributed by atoms with Gasteiger partial charge in [-0.3, -0.25) is 9.59 Å². The van der Waals surface area contributed by atoms with Crippen LogP contribution in [0.2, 0.25) is 0 Å². The topological polar surface area (TPSA) is 231 Å². The molecule has 0 aromatic rings. The minimum absolute atomic E-state index is 0.163. The maximum absolute atomic E-state index is 13.0. The Morgan fingerprint density at radius 3 is 1.40 bits per heavy atom. The van der Waals surface area contributed by atoms with Gasteiger partial charge in [0.2, 0.25) is 0 Å². The highest BCUT2D eigenvalue weighted by Crippen LogP contribution is 2.26. The molecule has 0 radical (unpaired) electrons. The third-order valence-electron chi connectivity index (χ3n) is 12.9. The summed E-state index contributed by atoms with van der Waals surface area (Å²) in [6, 6.07) is 0. The van der Waals surface area contributed by atoms with Gasteiger partial charge in [-0.1, -0.05) is 173 Å². The summed E-state index contributed by atoms with van der Waals surface area (Å²) in [6.07, 6.45) is 24.8. The predicted molar refractivity (Wildman–Crippen MR) is 261 cm³/mol. The van der Waals surface area contributed by atoms with Crippen LogP contribution in [0.4, 0.5) is 0 Å². The molecule has 15 nitrogen and oxygen atoms in total. The van der Waals surface area contributed by atoms with Gasteiger partial charge in [0, 0.05) is 12.8 Å². The molecule has 2 aliphatic rings. The Morgan fingerprint density at radius 1 is 0.471 bits per heavy atom. The van der Waals surface area contributed by atoms with Crippen molar-refractivity contribution in [2.75, 3.05) is 26.4 Å². The number of aliphatic hydroxyl groups is 7. The summed E-state index contributed by atoms with van der Waals surface area (Å²) in [7, 11) is 0. The van der Waals surface area contributed by atoms with E-state index in [1.807, 2.05) is 0 Å². The summed E-state index contributed by atoms with van der Waals surface area (Å²) in [5.41, 5.74) is 0. The Morgan fingerprint density at radius 2 is 0.882 bits per heavy atom. The molecule has 2 heterocycles. The molecule has 0 aromatic heterocycles. The molecule has 2 rings (SSSR count).